The lowest BCUT2D eigenvalue weighted by atomic mass is 9.78. The Labute approximate surface area is 226 Å². The molecule has 4 aromatic carbocycles. The van der Waals surface area contributed by atoms with Crippen molar-refractivity contribution in [1.29, 1.82) is 0 Å². The minimum atomic E-state index is -3.70. The van der Waals surface area contributed by atoms with E-state index in [9.17, 15) is 27.1 Å². The Balaban J connectivity index is 1.53. The van der Waals surface area contributed by atoms with Crippen molar-refractivity contribution in [2.75, 3.05) is 11.2 Å². The number of aliphatic hydroxyl groups excluding tert-OH is 1. The minimum absolute atomic E-state index is 0.109. The normalized spacial score (nSPS) is 18.1. The van der Waals surface area contributed by atoms with Gasteiger partial charge in [0.05, 0.1) is 23.0 Å². The molecule has 0 radical (unpaired) electrons. The third-order valence-corrected chi connectivity index (χ3v) is 8.32. The van der Waals surface area contributed by atoms with Crippen LogP contribution in [0, 0.1) is 17.6 Å². The highest BCUT2D eigenvalue weighted by atomic mass is 32.2. The van der Waals surface area contributed by atoms with Gasteiger partial charge in [-0.2, -0.15) is 0 Å². The maximum absolute atomic E-state index is 13.7. The van der Waals surface area contributed by atoms with E-state index in [0.717, 1.165) is 17.4 Å². The van der Waals surface area contributed by atoms with Crippen LogP contribution in [0.5, 0.6) is 0 Å². The molecule has 1 fully saturated rings. The Morgan fingerprint density at radius 3 is 2.08 bits per heavy atom. The van der Waals surface area contributed by atoms with E-state index in [1.54, 1.807) is 12.1 Å². The van der Waals surface area contributed by atoms with E-state index in [1.165, 1.54) is 53.4 Å². The van der Waals surface area contributed by atoms with E-state index in [2.05, 4.69) is 0 Å². The molecule has 200 valence electrons. The Kier molecular flexibility index (Phi) is 7.34. The second kappa shape index (κ2) is 10.7. The summed E-state index contributed by atoms with van der Waals surface area (Å²) in [4.78, 5) is 15.0. The molecule has 39 heavy (non-hydrogen) atoms. The molecule has 1 heterocycles. The molecule has 5 rings (SSSR count). The molecule has 1 aliphatic heterocycles. The van der Waals surface area contributed by atoms with E-state index in [-0.39, 0.29) is 23.6 Å². The molecule has 1 saturated heterocycles. The van der Waals surface area contributed by atoms with Crippen molar-refractivity contribution in [2.24, 2.45) is 5.92 Å². The van der Waals surface area contributed by atoms with Crippen LogP contribution in [0.25, 0.3) is 11.1 Å². The van der Waals surface area contributed by atoms with Crippen molar-refractivity contribution in [3.05, 3.63) is 120 Å². The average molecular weight is 548 g/mol. The van der Waals surface area contributed by atoms with Gasteiger partial charge in [0.15, 0.2) is 9.84 Å². The van der Waals surface area contributed by atoms with Crippen LogP contribution in [0.4, 0.5) is 14.5 Å². The Morgan fingerprint density at radius 2 is 1.46 bits per heavy atom. The minimum Gasteiger partial charge on any atom is -0.388 e. The fraction of sp³-hybridized carbons (Fsp3) is 0.194. The Hall–Kier alpha value is -3.88. The molecule has 0 saturated carbocycles. The van der Waals surface area contributed by atoms with Gasteiger partial charge < -0.3 is 10.0 Å². The molecule has 0 spiro atoms. The zero-order chi connectivity index (χ0) is 27.7. The summed E-state index contributed by atoms with van der Waals surface area (Å²) in [5, 5.41) is 10.7. The molecule has 0 bridgehead atoms. The molecule has 0 aromatic heterocycles. The summed E-state index contributed by atoms with van der Waals surface area (Å²) in [6.45, 7) is 0. The van der Waals surface area contributed by atoms with Crippen molar-refractivity contribution in [3.63, 3.8) is 0 Å². The van der Waals surface area contributed by atoms with Gasteiger partial charge in [0, 0.05) is 11.9 Å². The smallest absolute Gasteiger partial charge is 0.233 e. The molecule has 5 nitrogen and oxygen atoms in total. The van der Waals surface area contributed by atoms with Crippen molar-refractivity contribution in [3.8, 4) is 11.1 Å². The van der Waals surface area contributed by atoms with Crippen LogP contribution >= 0.6 is 0 Å². The third kappa shape index (κ3) is 5.48. The second-order valence-corrected chi connectivity index (χ2v) is 11.8. The van der Waals surface area contributed by atoms with Crippen LogP contribution in [0.3, 0.4) is 0 Å². The predicted molar refractivity (Wildman–Crippen MR) is 146 cm³/mol. The van der Waals surface area contributed by atoms with Gasteiger partial charge in [-0.25, -0.2) is 17.2 Å². The first kappa shape index (κ1) is 26.7. The van der Waals surface area contributed by atoms with Crippen LogP contribution in [-0.4, -0.2) is 25.7 Å². The molecule has 3 atom stereocenters. The lowest BCUT2D eigenvalue weighted by Gasteiger charge is -2.48. The van der Waals surface area contributed by atoms with E-state index < -0.39 is 39.5 Å². The van der Waals surface area contributed by atoms with E-state index in [1.807, 2.05) is 36.4 Å². The lowest BCUT2D eigenvalue weighted by Crippen LogP contribution is -2.55. The van der Waals surface area contributed by atoms with Crippen LogP contribution in [0.1, 0.15) is 36.1 Å². The fourth-order valence-electron chi connectivity index (χ4n) is 5.17. The quantitative estimate of drug-likeness (QED) is 0.265. The molecule has 4 aromatic rings. The van der Waals surface area contributed by atoms with Gasteiger partial charge in [-0.05, 0) is 77.6 Å². The first-order chi connectivity index (χ1) is 18.6. The van der Waals surface area contributed by atoms with Gasteiger partial charge in [0.2, 0.25) is 5.91 Å². The zero-order valence-corrected chi connectivity index (χ0v) is 22.0. The van der Waals surface area contributed by atoms with Gasteiger partial charge in [0.25, 0.3) is 0 Å². The predicted octanol–water partition coefficient (Wildman–Crippen LogP) is 6.25. The topological polar surface area (TPSA) is 74.7 Å². The highest BCUT2D eigenvalue weighted by Gasteiger charge is 2.49. The maximum atomic E-state index is 13.7. The standard InChI is InChI=1S/C31H27F2NO4S/c1-39(37,38)29-19-22(20-5-3-2-4-6-20)9-16-26(29)30-27(17-18-28(35)21-7-10-23(32)11-8-21)31(36)34(30)25-14-12-24(33)13-15-25/h2-16,19,27-28,30,35H,17-18H2,1H3/t27?,28-,30?/m0/s1. The fourth-order valence-corrected chi connectivity index (χ4v) is 6.13. The number of halogens is 2. The van der Waals surface area contributed by atoms with Crippen LogP contribution in [-0.2, 0) is 14.6 Å². The first-order valence-electron chi connectivity index (χ1n) is 12.5. The van der Waals surface area contributed by atoms with Gasteiger partial charge in [-0.1, -0.05) is 54.6 Å². The molecule has 8 heteroatoms. The van der Waals surface area contributed by atoms with Gasteiger partial charge in [0.1, 0.15) is 11.6 Å². The van der Waals surface area contributed by atoms with E-state index in [4.69, 9.17) is 0 Å². The molecule has 1 amide bonds. The van der Waals surface area contributed by atoms with Gasteiger partial charge in [-0.3, -0.25) is 4.79 Å². The second-order valence-electron chi connectivity index (χ2n) is 9.77. The highest BCUT2D eigenvalue weighted by molar-refractivity contribution is 7.90. The summed E-state index contributed by atoms with van der Waals surface area (Å²) in [6, 6.07) is 24.9. The Morgan fingerprint density at radius 1 is 0.846 bits per heavy atom. The molecule has 1 N–H and O–H groups in total. The Bertz CT molecular complexity index is 1590. The summed E-state index contributed by atoms with van der Waals surface area (Å²) < 4.78 is 53.0. The maximum Gasteiger partial charge on any atom is 0.233 e. The number of aliphatic hydroxyl groups is 1. The van der Waals surface area contributed by atoms with Crippen molar-refractivity contribution >= 4 is 21.4 Å². The number of anilines is 1. The zero-order valence-electron chi connectivity index (χ0n) is 21.2. The third-order valence-electron chi connectivity index (χ3n) is 7.16. The number of benzene rings is 4. The number of amides is 1. The number of hydrogen-bond donors (Lipinski definition) is 1. The average Bonchev–Trinajstić information content (AvgIpc) is 2.92. The number of carbonyl (C=O) groups excluding carboxylic acids is 1. The molecular weight excluding hydrogens is 520 g/mol. The summed E-state index contributed by atoms with van der Waals surface area (Å²) in [7, 11) is -3.70. The number of nitrogens with zero attached hydrogens (tertiary/aromatic N) is 1. The van der Waals surface area contributed by atoms with Crippen LogP contribution in [0.15, 0.2) is 102 Å². The van der Waals surface area contributed by atoms with E-state index in [0.29, 0.717) is 16.8 Å². The molecule has 0 aliphatic carbocycles. The van der Waals surface area contributed by atoms with Crippen LogP contribution < -0.4 is 4.90 Å². The highest BCUT2D eigenvalue weighted by Crippen LogP contribution is 2.48. The van der Waals surface area contributed by atoms with Crippen molar-refractivity contribution < 1.29 is 27.1 Å². The van der Waals surface area contributed by atoms with Gasteiger partial charge >= 0.3 is 0 Å². The van der Waals surface area contributed by atoms with Crippen molar-refractivity contribution in [2.45, 2.75) is 29.9 Å². The molecular formula is C31H27F2NO4S. The first-order valence-corrected chi connectivity index (χ1v) is 14.4. The number of hydrogen-bond acceptors (Lipinski definition) is 4. The number of carbonyl (C=O) groups is 1. The SMILES string of the molecule is CS(=O)(=O)c1cc(-c2ccccc2)ccc1C1C(CC[C@H](O)c2ccc(F)cc2)C(=O)N1c1ccc(F)cc1. The lowest BCUT2D eigenvalue weighted by molar-refractivity contribution is -0.131. The number of β-lactam (4-membered cyclic amide) rings is 1. The summed E-state index contributed by atoms with van der Waals surface area (Å²) in [5.74, 6) is -1.73. The summed E-state index contributed by atoms with van der Waals surface area (Å²) in [6.07, 6.45) is 0.695. The monoisotopic (exact) mass is 547 g/mol. The number of rotatable bonds is 8. The van der Waals surface area contributed by atoms with E-state index >= 15 is 0 Å². The number of sulfone groups is 1. The van der Waals surface area contributed by atoms with Gasteiger partial charge in [-0.15, -0.1) is 0 Å². The molecule has 1 aliphatic rings. The van der Waals surface area contributed by atoms with Crippen molar-refractivity contribution in [1.82, 2.24) is 0 Å². The summed E-state index contributed by atoms with van der Waals surface area (Å²) in [5.41, 5.74) is 3.02. The van der Waals surface area contributed by atoms with Crippen LogP contribution in [0.2, 0.25) is 0 Å². The summed E-state index contributed by atoms with van der Waals surface area (Å²) >= 11 is 0. The molecule has 2 unspecified atom stereocenters. The largest absolute Gasteiger partial charge is 0.388 e.